The minimum Gasteiger partial charge on any atom is -0.490 e. The second kappa shape index (κ2) is 10.8. The van der Waals surface area contributed by atoms with Gasteiger partial charge in [0, 0.05) is 54.4 Å². The van der Waals surface area contributed by atoms with Crippen LogP contribution < -0.4 is 26.0 Å². The van der Waals surface area contributed by atoms with E-state index in [1.54, 1.807) is 6.20 Å². The summed E-state index contributed by atoms with van der Waals surface area (Å²) in [6.07, 6.45) is 9.64. The van der Waals surface area contributed by atoms with Crippen LogP contribution in [0.15, 0.2) is 54.7 Å². The van der Waals surface area contributed by atoms with Crippen molar-refractivity contribution < 1.29 is 14.3 Å². The lowest BCUT2D eigenvalue weighted by molar-refractivity contribution is 0.0922. The topological polar surface area (TPSA) is 125 Å². The first-order valence-electron chi connectivity index (χ1n) is 16.1. The molecule has 1 saturated carbocycles. The molecule has 0 bridgehead atoms. The molecule has 10 heteroatoms. The lowest BCUT2D eigenvalue weighted by Gasteiger charge is -2.40. The first kappa shape index (κ1) is 27.4. The van der Waals surface area contributed by atoms with E-state index in [0.717, 1.165) is 55.7 Å². The Morgan fingerprint density at radius 3 is 2.48 bits per heavy atom. The molecule has 5 fully saturated rings. The molecular formula is C34H39N7O3. The van der Waals surface area contributed by atoms with Gasteiger partial charge in [0.1, 0.15) is 17.7 Å². The van der Waals surface area contributed by atoms with Crippen LogP contribution in [0.1, 0.15) is 84.2 Å². The Labute approximate surface area is 257 Å². The number of aromatic nitrogens is 2. The van der Waals surface area contributed by atoms with Gasteiger partial charge in [0.2, 0.25) is 0 Å². The Kier molecular flexibility index (Phi) is 6.70. The van der Waals surface area contributed by atoms with Crippen LogP contribution in [-0.4, -0.2) is 69.5 Å². The number of carbonyl (C=O) groups is 2. The normalized spacial score (nSPS) is 30.0. The summed E-state index contributed by atoms with van der Waals surface area (Å²) in [5.41, 5.74) is 8.51. The highest BCUT2D eigenvalue weighted by Crippen LogP contribution is 2.53. The Bertz CT molecular complexity index is 1570. The van der Waals surface area contributed by atoms with Gasteiger partial charge in [0.15, 0.2) is 11.5 Å². The highest BCUT2D eigenvalue weighted by Gasteiger charge is 2.63. The van der Waals surface area contributed by atoms with Gasteiger partial charge in [0.25, 0.3) is 11.8 Å². The molecule has 4 saturated heterocycles. The number of ether oxygens (including phenoxy) is 1. The van der Waals surface area contributed by atoms with Crippen LogP contribution >= 0.6 is 0 Å². The van der Waals surface area contributed by atoms with Crippen molar-refractivity contribution in [1.82, 2.24) is 20.2 Å². The van der Waals surface area contributed by atoms with Crippen molar-refractivity contribution in [2.75, 3.05) is 16.8 Å². The van der Waals surface area contributed by atoms with Gasteiger partial charge in [-0.3, -0.25) is 14.5 Å². The van der Waals surface area contributed by atoms with Gasteiger partial charge in [-0.1, -0.05) is 12.1 Å². The quantitative estimate of drug-likeness (QED) is 0.313. The van der Waals surface area contributed by atoms with Crippen molar-refractivity contribution in [3.8, 4) is 5.75 Å². The van der Waals surface area contributed by atoms with Gasteiger partial charge in [0.05, 0.1) is 6.20 Å². The molecule has 3 unspecified atom stereocenters. The number of piperidine rings is 2. The predicted molar refractivity (Wildman–Crippen MR) is 167 cm³/mol. The Morgan fingerprint density at radius 1 is 0.977 bits per heavy atom. The minimum atomic E-state index is -0.652. The third kappa shape index (κ3) is 5.15. The van der Waals surface area contributed by atoms with E-state index < -0.39 is 5.91 Å². The molecular weight excluding hydrogens is 554 g/mol. The number of nitrogens with one attached hydrogen (secondary N) is 2. The Hall–Kier alpha value is -4.18. The molecule has 2 aromatic carbocycles. The van der Waals surface area contributed by atoms with Crippen LogP contribution in [0.5, 0.6) is 5.75 Å². The maximum Gasteiger partial charge on any atom is 0.271 e. The number of benzene rings is 2. The van der Waals surface area contributed by atoms with E-state index in [9.17, 15) is 9.59 Å². The van der Waals surface area contributed by atoms with E-state index in [-0.39, 0.29) is 29.8 Å². The van der Waals surface area contributed by atoms with Crippen molar-refractivity contribution in [2.24, 2.45) is 5.73 Å². The van der Waals surface area contributed by atoms with Crippen LogP contribution in [0, 0.1) is 0 Å². The monoisotopic (exact) mass is 593 g/mol. The van der Waals surface area contributed by atoms with Crippen molar-refractivity contribution >= 4 is 29.1 Å². The molecule has 5 heterocycles. The van der Waals surface area contributed by atoms with Crippen LogP contribution in [0.3, 0.4) is 0 Å². The molecule has 44 heavy (non-hydrogen) atoms. The summed E-state index contributed by atoms with van der Waals surface area (Å²) in [6.45, 7) is 2.85. The third-order valence-electron chi connectivity index (χ3n) is 10.3. The zero-order chi connectivity index (χ0) is 29.9. The van der Waals surface area contributed by atoms with E-state index >= 15 is 0 Å². The lowest BCUT2D eigenvalue weighted by Crippen LogP contribution is -2.54. The van der Waals surface area contributed by atoms with Crippen molar-refractivity contribution in [3.05, 3.63) is 71.5 Å². The Morgan fingerprint density at radius 2 is 1.75 bits per heavy atom. The fraction of sp³-hybridized carbons (Fsp3) is 0.471. The van der Waals surface area contributed by atoms with Crippen molar-refractivity contribution in [2.45, 2.75) is 94.1 Å². The van der Waals surface area contributed by atoms with Gasteiger partial charge in [-0.15, -0.1) is 0 Å². The van der Waals surface area contributed by atoms with Gasteiger partial charge in [-0.05, 0) is 93.3 Å². The average molecular weight is 594 g/mol. The van der Waals surface area contributed by atoms with Crippen molar-refractivity contribution in [3.63, 3.8) is 0 Å². The summed E-state index contributed by atoms with van der Waals surface area (Å²) in [4.78, 5) is 39.4. The SMILES string of the molecule is C[C@@H]1[C@H](NC(=O)c2ccc(C3CC3)cc2)CCCN1c1cnc(C(N)=O)c(Nc2ccc(OC3C[C@H]4CC5[C@@H](C3)N54)cc2)n1. The Balaban J connectivity index is 0.940. The molecule has 7 atom stereocenters. The maximum atomic E-state index is 13.1. The zero-order valence-electron chi connectivity index (χ0n) is 25.0. The molecule has 0 spiro atoms. The number of nitrogens with zero attached hydrogens (tertiary/aromatic N) is 4. The number of primary amides is 1. The summed E-state index contributed by atoms with van der Waals surface area (Å²) in [7, 11) is 0. The van der Waals surface area contributed by atoms with Crippen molar-refractivity contribution in [1.29, 1.82) is 0 Å². The average Bonchev–Trinajstić information content (AvgIpc) is 3.94. The van der Waals surface area contributed by atoms with E-state index in [2.05, 4.69) is 44.5 Å². The van der Waals surface area contributed by atoms with E-state index in [1.165, 1.54) is 24.8 Å². The number of hydrogen-bond acceptors (Lipinski definition) is 8. The molecule has 10 nitrogen and oxygen atoms in total. The fourth-order valence-corrected chi connectivity index (χ4v) is 7.67. The van der Waals surface area contributed by atoms with E-state index in [0.29, 0.717) is 29.2 Å². The van der Waals surface area contributed by atoms with E-state index in [4.69, 9.17) is 15.5 Å². The summed E-state index contributed by atoms with van der Waals surface area (Å²) in [5, 5.41) is 6.50. The highest BCUT2D eigenvalue weighted by atomic mass is 16.5. The maximum absolute atomic E-state index is 13.1. The van der Waals surface area contributed by atoms with Gasteiger partial charge < -0.3 is 26.0 Å². The molecule has 3 aromatic rings. The first-order chi connectivity index (χ1) is 21.4. The molecule has 0 radical (unpaired) electrons. The standard InChI is InChI=1S/C34H39N7O3/c1-19-27(38-34(43)22-8-6-21(7-9-22)20-4-5-20)3-2-14-40(19)30-18-36-31(32(35)42)33(39-30)37-23-10-12-25(13-11-23)44-26-15-24-16-28-29(17-26)41(24)28/h6-13,18-20,24,26-29H,2-5,14-17H2,1H3,(H2,35,42)(H,37,39)(H,38,43)/t19-,24+,26?,27-,28?,29-,41?/m1/s1. The molecule has 228 valence electrons. The molecule has 8 rings (SSSR count). The summed E-state index contributed by atoms with van der Waals surface area (Å²) in [6, 6.07) is 17.9. The number of carbonyl (C=O) groups excluding carboxylic acids is 2. The van der Waals surface area contributed by atoms with Gasteiger partial charge in [-0.2, -0.15) is 0 Å². The van der Waals surface area contributed by atoms with Gasteiger partial charge >= 0.3 is 0 Å². The number of rotatable bonds is 9. The number of nitrogens with two attached hydrogens (primary N) is 1. The zero-order valence-corrected chi connectivity index (χ0v) is 25.0. The molecule has 2 amide bonds. The minimum absolute atomic E-state index is 0.0233. The van der Waals surface area contributed by atoms with E-state index in [1.807, 2.05) is 36.4 Å². The number of anilines is 3. The second-order valence-electron chi connectivity index (χ2n) is 13.2. The highest BCUT2D eigenvalue weighted by molar-refractivity contribution is 5.96. The molecule has 4 N–H and O–H groups in total. The number of fused-ring (bicyclic) bond motifs is 1. The summed E-state index contributed by atoms with van der Waals surface area (Å²) < 4.78 is 6.32. The second-order valence-corrected chi connectivity index (χ2v) is 13.2. The molecule has 1 aliphatic carbocycles. The molecule has 5 aliphatic rings. The van der Waals surface area contributed by atoms with Crippen LogP contribution in [-0.2, 0) is 0 Å². The molecule has 4 aliphatic heterocycles. The third-order valence-corrected chi connectivity index (χ3v) is 10.3. The first-order valence-corrected chi connectivity index (χ1v) is 16.1. The predicted octanol–water partition coefficient (Wildman–Crippen LogP) is 4.35. The number of amides is 2. The molecule has 1 aromatic heterocycles. The van der Waals surface area contributed by atoms with Crippen LogP contribution in [0.4, 0.5) is 17.3 Å². The lowest BCUT2D eigenvalue weighted by atomic mass is 9.97. The van der Waals surface area contributed by atoms with Crippen LogP contribution in [0.25, 0.3) is 0 Å². The fourth-order valence-electron chi connectivity index (χ4n) is 7.67. The summed E-state index contributed by atoms with van der Waals surface area (Å²) >= 11 is 0. The smallest absolute Gasteiger partial charge is 0.271 e. The largest absolute Gasteiger partial charge is 0.490 e. The van der Waals surface area contributed by atoms with Gasteiger partial charge in [-0.25, -0.2) is 9.97 Å². The summed E-state index contributed by atoms with van der Waals surface area (Å²) in [5.74, 6) is 1.72. The van der Waals surface area contributed by atoms with Crippen LogP contribution in [0.2, 0.25) is 0 Å². The number of hydrogen-bond donors (Lipinski definition) is 3.